The van der Waals surface area contributed by atoms with Crippen molar-refractivity contribution in [1.29, 1.82) is 0 Å². The van der Waals surface area contributed by atoms with Gasteiger partial charge in [0.25, 0.3) is 5.91 Å². The molecule has 0 saturated carbocycles. The average molecular weight is 307 g/mol. The molecular weight excluding hydrogens is 286 g/mol. The largest absolute Gasteiger partial charge is 0.455 e. The molecule has 1 aromatic carbocycles. The van der Waals surface area contributed by atoms with Crippen molar-refractivity contribution < 1.29 is 23.8 Å². The molecule has 22 heavy (non-hydrogen) atoms. The van der Waals surface area contributed by atoms with Gasteiger partial charge in [-0.3, -0.25) is 9.59 Å². The second-order valence-corrected chi connectivity index (χ2v) is 5.09. The molecule has 120 valence electrons. The van der Waals surface area contributed by atoms with E-state index in [0.717, 1.165) is 5.56 Å². The van der Waals surface area contributed by atoms with E-state index in [2.05, 4.69) is 5.32 Å². The highest BCUT2D eigenvalue weighted by Crippen LogP contribution is 2.32. The summed E-state index contributed by atoms with van der Waals surface area (Å²) >= 11 is 0. The highest BCUT2D eigenvalue weighted by Gasteiger charge is 2.17. The number of esters is 1. The lowest BCUT2D eigenvalue weighted by molar-refractivity contribution is -0.152. The molecule has 1 amide bonds. The number of amides is 1. The monoisotopic (exact) mass is 307 g/mol. The molecular formula is C16H21NO5. The minimum atomic E-state index is -0.322. The van der Waals surface area contributed by atoms with Gasteiger partial charge in [0.15, 0.2) is 18.1 Å². The van der Waals surface area contributed by atoms with Crippen molar-refractivity contribution in [3.63, 3.8) is 0 Å². The molecule has 1 aliphatic rings. The van der Waals surface area contributed by atoms with Gasteiger partial charge in [-0.05, 0) is 30.5 Å². The Kier molecular flexibility index (Phi) is 5.63. The Bertz CT molecular complexity index is 539. The van der Waals surface area contributed by atoms with E-state index >= 15 is 0 Å². The average Bonchev–Trinajstić information content (AvgIpc) is 2.99. The van der Waals surface area contributed by atoms with Crippen LogP contribution < -0.4 is 14.8 Å². The SMILES string of the molecule is CCC(CC)C(=O)OCC(=O)NCc1ccc2c(c1)OCO2. The highest BCUT2D eigenvalue weighted by molar-refractivity contribution is 5.81. The van der Waals surface area contributed by atoms with Crippen LogP contribution in [0.4, 0.5) is 0 Å². The third kappa shape index (κ3) is 4.13. The number of hydrogen-bond acceptors (Lipinski definition) is 5. The standard InChI is InChI=1S/C16H21NO5/c1-3-12(4-2)16(19)20-9-15(18)17-8-11-5-6-13-14(7-11)22-10-21-13/h5-7,12H,3-4,8-10H2,1-2H3,(H,17,18). The molecule has 0 fully saturated rings. The molecule has 0 aliphatic carbocycles. The lowest BCUT2D eigenvalue weighted by Crippen LogP contribution is -2.29. The van der Waals surface area contributed by atoms with Gasteiger partial charge < -0.3 is 19.5 Å². The molecule has 1 aliphatic heterocycles. The molecule has 6 heteroatoms. The lowest BCUT2D eigenvalue weighted by Gasteiger charge is -2.12. The second kappa shape index (κ2) is 7.68. The number of rotatable bonds is 7. The van der Waals surface area contributed by atoms with Crippen LogP contribution in [0, 0.1) is 5.92 Å². The molecule has 0 unspecified atom stereocenters. The first-order valence-corrected chi connectivity index (χ1v) is 7.45. The zero-order chi connectivity index (χ0) is 15.9. The summed E-state index contributed by atoms with van der Waals surface area (Å²) < 4.78 is 15.5. The Morgan fingerprint density at radius 3 is 2.68 bits per heavy atom. The Labute approximate surface area is 129 Å². The van der Waals surface area contributed by atoms with E-state index in [0.29, 0.717) is 30.9 Å². The van der Waals surface area contributed by atoms with Gasteiger partial charge in [-0.15, -0.1) is 0 Å². The van der Waals surface area contributed by atoms with Crippen molar-refractivity contribution in [2.75, 3.05) is 13.4 Å². The first kappa shape index (κ1) is 16.1. The zero-order valence-electron chi connectivity index (χ0n) is 12.9. The van der Waals surface area contributed by atoms with Crippen LogP contribution in [0.1, 0.15) is 32.3 Å². The number of carbonyl (C=O) groups excluding carboxylic acids is 2. The van der Waals surface area contributed by atoms with Crippen molar-refractivity contribution in [3.05, 3.63) is 23.8 Å². The van der Waals surface area contributed by atoms with E-state index in [1.54, 1.807) is 6.07 Å². The number of benzene rings is 1. The molecule has 0 saturated heterocycles. The van der Waals surface area contributed by atoms with Gasteiger partial charge in [-0.25, -0.2) is 0 Å². The number of ether oxygens (including phenoxy) is 3. The first-order chi connectivity index (χ1) is 10.6. The van der Waals surface area contributed by atoms with Crippen LogP contribution in [0.2, 0.25) is 0 Å². The molecule has 0 bridgehead atoms. The number of carbonyl (C=O) groups is 2. The second-order valence-electron chi connectivity index (χ2n) is 5.09. The summed E-state index contributed by atoms with van der Waals surface area (Å²) in [5.74, 6) is 0.600. The van der Waals surface area contributed by atoms with Crippen LogP contribution in [0.5, 0.6) is 11.5 Å². The van der Waals surface area contributed by atoms with Crippen molar-refractivity contribution >= 4 is 11.9 Å². The van der Waals surface area contributed by atoms with Crippen LogP contribution in [0.25, 0.3) is 0 Å². The molecule has 1 N–H and O–H groups in total. The molecule has 0 atom stereocenters. The van der Waals surface area contributed by atoms with Crippen molar-refractivity contribution in [1.82, 2.24) is 5.32 Å². The number of hydrogen-bond donors (Lipinski definition) is 1. The summed E-state index contributed by atoms with van der Waals surface area (Å²) in [6, 6.07) is 5.47. The van der Waals surface area contributed by atoms with Gasteiger partial charge in [-0.2, -0.15) is 0 Å². The summed E-state index contributed by atoms with van der Waals surface area (Å²) in [7, 11) is 0. The summed E-state index contributed by atoms with van der Waals surface area (Å²) in [6.07, 6.45) is 1.43. The highest BCUT2D eigenvalue weighted by atomic mass is 16.7. The summed E-state index contributed by atoms with van der Waals surface area (Å²) in [5.41, 5.74) is 0.893. The fraction of sp³-hybridized carbons (Fsp3) is 0.500. The van der Waals surface area contributed by atoms with Crippen LogP contribution in [0.15, 0.2) is 18.2 Å². The topological polar surface area (TPSA) is 73.9 Å². The summed E-state index contributed by atoms with van der Waals surface area (Å²) in [4.78, 5) is 23.4. The smallest absolute Gasteiger partial charge is 0.309 e. The fourth-order valence-corrected chi connectivity index (χ4v) is 2.18. The molecule has 6 nitrogen and oxygen atoms in total. The van der Waals surface area contributed by atoms with E-state index in [9.17, 15) is 9.59 Å². The number of fused-ring (bicyclic) bond motifs is 1. The first-order valence-electron chi connectivity index (χ1n) is 7.45. The molecule has 1 aromatic rings. The van der Waals surface area contributed by atoms with Crippen LogP contribution in [-0.2, 0) is 20.9 Å². The lowest BCUT2D eigenvalue weighted by atomic mass is 10.0. The van der Waals surface area contributed by atoms with Crippen molar-refractivity contribution in [3.8, 4) is 11.5 Å². The molecule has 2 rings (SSSR count). The van der Waals surface area contributed by atoms with Gasteiger partial charge in [0.05, 0.1) is 5.92 Å². The van der Waals surface area contributed by atoms with Crippen LogP contribution in [0.3, 0.4) is 0 Å². The molecule has 0 spiro atoms. The van der Waals surface area contributed by atoms with E-state index in [4.69, 9.17) is 14.2 Å². The Balaban J connectivity index is 1.75. The van der Waals surface area contributed by atoms with Gasteiger partial charge in [0.1, 0.15) is 0 Å². The minimum absolute atomic E-state index is 0.137. The zero-order valence-corrected chi connectivity index (χ0v) is 12.9. The fourth-order valence-electron chi connectivity index (χ4n) is 2.18. The van der Waals surface area contributed by atoms with Crippen molar-refractivity contribution in [2.45, 2.75) is 33.2 Å². The van der Waals surface area contributed by atoms with E-state index in [1.807, 2.05) is 26.0 Å². The quantitative estimate of drug-likeness (QED) is 0.780. The summed E-state index contributed by atoms with van der Waals surface area (Å²) in [5, 5.41) is 2.71. The van der Waals surface area contributed by atoms with Gasteiger partial charge in [-0.1, -0.05) is 19.9 Å². The van der Waals surface area contributed by atoms with Crippen molar-refractivity contribution in [2.24, 2.45) is 5.92 Å². The number of nitrogens with one attached hydrogen (secondary N) is 1. The van der Waals surface area contributed by atoms with E-state index in [-0.39, 0.29) is 31.2 Å². The summed E-state index contributed by atoms with van der Waals surface area (Å²) in [6.45, 7) is 4.17. The van der Waals surface area contributed by atoms with Gasteiger partial charge in [0, 0.05) is 6.54 Å². The predicted octanol–water partition coefficient (Wildman–Crippen LogP) is 2.01. The Morgan fingerprint density at radius 2 is 1.95 bits per heavy atom. The maximum atomic E-state index is 11.7. The molecule has 1 heterocycles. The molecule has 0 aromatic heterocycles. The third-order valence-electron chi connectivity index (χ3n) is 3.59. The third-order valence-corrected chi connectivity index (χ3v) is 3.59. The van der Waals surface area contributed by atoms with Gasteiger partial charge >= 0.3 is 5.97 Å². The Morgan fingerprint density at radius 1 is 1.23 bits per heavy atom. The Hall–Kier alpha value is -2.24. The normalized spacial score (nSPS) is 12.3. The van der Waals surface area contributed by atoms with E-state index < -0.39 is 0 Å². The predicted molar refractivity (Wildman–Crippen MR) is 79.4 cm³/mol. The maximum Gasteiger partial charge on any atom is 0.309 e. The van der Waals surface area contributed by atoms with E-state index in [1.165, 1.54) is 0 Å². The molecule has 0 radical (unpaired) electrons. The minimum Gasteiger partial charge on any atom is -0.455 e. The van der Waals surface area contributed by atoms with Crippen LogP contribution in [-0.4, -0.2) is 25.3 Å². The van der Waals surface area contributed by atoms with Gasteiger partial charge in [0.2, 0.25) is 6.79 Å². The van der Waals surface area contributed by atoms with Crippen LogP contribution >= 0.6 is 0 Å². The maximum absolute atomic E-state index is 11.7.